The van der Waals surface area contributed by atoms with Gasteiger partial charge in [0.15, 0.2) is 6.29 Å². The van der Waals surface area contributed by atoms with E-state index >= 15 is 0 Å². The second kappa shape index (κ2) is 3.33. The van der Waals surface area contributed by atoms with Gasteiger partial charge in [0.2, 0.25) is 5.78 Å². The molecule has 0 aliphatic carbocycles. The van der Waals surface area contributed by atoms with Gasteiger partial charge >= 0.3 is 0 Å². The minimum atomic E-state index is -0.544. The van der Waals surface area contributed by atoms with Crippen LogP contribution in [0, 0.1) is 0 Å². The molecule has 1 aromatic carbocycles. The Hall–Kier alpha value is -2.10. The zero-order chi connectivity index (χ0) is 9.97. The predicted octanol–water partition coefficient (Wildman–Crippen LogP) is 1.01. The number of benzene rings is 1. The van der Waals surface area contributed by atoms with Crippen LogP contribution >= 0.6 is 0 Å². The van der Waals surface area contributed by atoms with E-state index in [1.807, 2.05) is 0 Å². The summed E-state index contributed by atoms with van der Waals surface area (Å²) in [4.78, 5) is 29.4. The van der Waals surface area contributed by atoms with E-state index in [1.54, 1.807) is 24.4 Å². The number of fused-ring (bicyclic) bond motifs is 1. The topological polar surface area (TPSA) is 59.9 Å². The van der Waals surface area contributed by atoms with Crippen molar-refractivity contribution in [3.8, 4) is 0 Å². The summed E-state index contributed by atoms with van der Waals surface area (Å²) < 4.78 is 0. The van der Waals surface area contributed by atoms with Crippen molar-refractivity contribution < 1.29 is 9.59 Å². The van der Waals surface area contributed by atoms with Gasteiger partial charge in [-0.3, -0.25) is 19.6 Å². The van der Waals surface area contributed by atoms with Gasteiger partial charge in [-0.2, -0.15) is 0 Å². The SMILES string of the molecule is O=CC(=O)c1ccc2nccnc2c1. The van der Waals surface area contributed by atoms with E-state index in [0.29, 0.717) is 16.6 Å². The maximum absolute atomic E-state index is 11.0. The summed E-state index contributed by atoms with van der Waals surface area (Å²) in [5.74, 6) is -0.544. The minimum Gasteiger partial charge on any atom is -0.294 e. The first-order chi connectivity index (χ1) is 6.81. The van der Waals surface area contributed by atoms with Gasteiger partial charge in [0.25, 0.3) is 0 Å². The normalized spacial score (nSPS) is 10.0. The van der Waals surface area contributed by atoms with E-state index in [9.17, 15) is 9.59 Å². The molecule has 0 aliphatic heterocycles. The van der Waals surface area contributed by atoms with Crippen molar-refractivity contribution in [1.29, 1.82) is 0 Å². The van der Waals surface area contributed by atoms with Gasteiger partial charge in [-0.25, -0.2) is 0 Å². The molecule has 0 spiro atoms. The molecule has 14 heavy (non-hydrogen) atoms. The van der Waals surface area contributed by atoms with Gasteiger partial charge in [-0.05, 0) is 18.2 Å². The Morgan fingerprint density at radius 3 is 2.57 bits per heavy atom. The van der Waals surface area contributed by atoms with Crippen molar-refractivity contribution in [3.63, 3.8) is 0 Å². The largest absolute Gasteiger partial charge is 0.294 e. The molecule has 1 aromatic heterocycles. The zero-order valence-electron chi connectivity index (χ0n) is 7.18. The van der Waals surface area contributed by atoms with Crippen LogP contribution in [0.2, 0.25) is 0 Å². The Balaban J connectivity index is 2.62. The van der Waals surface area contributed by atoms with Crippen molar-refractivity contribution >= 4 is 23.1 Å². The third-order valence-corrected chi connectivity index (χ3v) is 1.86. The van der Waals surface area contributed by atoms with Crippen molar-refractivity contribution in [2.75, 3.05) is 0 Å². The molecule has 0 amide bonds. The lowest BCUT2D eigenvalue weighted by molar-refractivity contribution is -0.104. The van der Waals surface area contributed by atoms with E-state index in [0.717, 1.165) is 0 Å². The van der Waals surface area contributed by atoms with Crippen LogP contribution < -0.4 is 0 Å². The number of aromatic nitrogens is 2. The molecule has 0 unspecified atom stereocenters. The van der Waals surface area contributed by atoms with Gasteiger partial charge in [-0.15, -0.1) is 0 Å². The lowest BCUT2D eigenvalue weighted by atomic mass is 10.1. The maximum atomic E-state index is 11.0. The molecule has 0 N–H and O–H groups in total. The molecule has 68 valence electrons. The van der Waals surface area contributed by atoms with Crippen molar-refractivity contribution in [2.45, 2.75) is 0 Å². The Bertz CT molecular complexity index is 508. The number of nitrogens with zero attached hydrogens (tertiary/aromatic N) is 2. The molecular weight excluding hydrogens is 180 g/mol. The van der Waals surface area contributed by atoms with E-state index in [2.05, 4.69) is 9.97 Å². The lowest BCUT2D eigenvalue weighted by Crippen LogP contribution is -1.99. The van der Waals surface area contributed by atoms with Crippen LogP contribution in [0.25, 0.3) is 11.0 Å². The van der Waals surface area contributed by atoms with Crippen molar-refractivity contribution in [2.24, 2.45) is 0 Å². The second-order valence-corrected chi connectivity index (χ2v) is 2.74. The first-order valence-electron chi connectivity index (χ1n) is 4.01. The number of hydrogen-bond acceptors (Lipinski definition) is 4. The summed E-state index contributed by atoms with van der Waals surface area (Å²) in [6.07, 6.45) is 3.40. The van der Waals surface area contributed by atoms with E-state index < -0.39 is 5.78 Å². The fourth-order valence-electron chi connectivity index (χ4n) is 1.18. The molecule has 0 fully saturated rings. The van der Waals surface area contributed by atoms with Crippen LogP contribution in [0.15, 0.2) is 30.6 Å². The Morgan fingerprint density at radius 2 is 1.86 bits per heavy atom. The summed E-state index contributed by atoms with van der Waals surface area (Å²) in [6.45, 7) is 0. The monoisotopic (exact) mass is 186 g/mol. The maximum Gasteiger partial charge on any atom is 0.225 e. The third kappa shape index (κ3) is 1.37. The fourth-order valence-corrected chi connectivity index (χ4v) is 1.18. The second-order valence-electron chi connectivity index (χ2n) is 2.74. The Kier molecular flexibility index (Phi) is 2.02. The van der Waals surface area contributed by atoms with Crippen LogP contribution in [-0.4, -0.2) is 22.0 Å². The standard InChI is InChI=1S/C10H6N2O2/c13-6-10(14)7-1-2-8-9(5-7)12-4-3-11-8/h1-6H. The number of carbonyl (C=O) groups is 2. The van der Waals surface area contributed by atoms with Crippen LogP contribution in [0.1, 0.15) is 10.4 Å². The first kappa shape index (κ1) is 8.50. The van der Waals surface area contributed by atoms with Crippen molar-refractivity contribution in [1.82, 2.24) is 9.97 Å². The lowest BCUT2D eigenvalue weighted by Gasteiger charge is -1.96. The molecule has 0 radical (unpaired) electrons. The van der Waals surface area contributed by atoms with Crippen LogP contribution in [0.5, 0.6) is 0 Å². The van der Waals surface area contributed by atoms with E-state index in [-0.39, 0.29) is 6.29 Å². The summed E-state index contributed by atoms with van der Waals surface area (Å²) in [5.41, 5.74) is 1.66. The molecule has 0 atom stereocenters. The first-order valence-corrected chi connectivity index (χ1v) is 4.01. The minimum absolute atomic E-state index is 0.289. The number of carbonyl (C=O) groups excluding carboxylic acids is 2. The highest BCUT2D eigenvalue weighted by Gasteiger charge is 2.04. The molecule has 0 bridgehead atoms. The number of rotatable bonds is 2. The van der Waals surface area contributed by atoms with E-state index in [4.69, 9.17) is 0 Å². The quantitative estimate of drug-likeness (QED) is 0.399. The fraction of sp³-hybridized carbons (Fsp3) is 0. The highest BCUT2D eigenvalue weighted by molar-refractivity contribution is 6.33. The smallest absolute Gasteiger partial charge is 0.225 e. The van der Waals surface area contributed by atoms with Gasteiger partial charge in [0.1, 0.15) is 0 Å². The average Bonchev–Trinajstić information content (AvgIpc) is 2.27. The van der Waals surface area contributed by atoms with Crippen LogP contribution in [0.4, 0.5) is 0 Å². The number of ketones is 1. The summed E-state index contributed by atoms with van der Waals surface area (Å²) >= 11 is 0. The van der Waals surface area contributed by atoms with Crippen LogP contribution in [0.3, 0.4) is 0 Å². The summed E-state index contributed by atoms with van der Waals surface area (Å²) in [6, 6.07) is 4.78. The molecule has 4 heteroatoms. The number of Topliss-reactive ketones (excluding diaryl/α,β-unsaturated/α-hetero) is 1. The Morgan fingerprint density at radius 1 is 1.14 bits per heavy atom. The third-order valence-electron chi connectivity index (χ3n) is 1.86. The molecule has 0 saturated carbocycles. The molecule has 0 saturated heterocycles. The van der Waals surface area contributed by atoms with Crippen molar-refractivity contribution in [3.05, 3.63) is 36.2 Å². The van der Waals surface area contributed by atoms with Gasteiger partial charge in [0.05, 0.1) is 11.0 Å². The molecule has 2 rings (SSSR count). The highest BCUT2D eigenvalue weighted by atomic mass is 16.2. The molecule has 0 aliphatic rings. The summed E-state index contributed by atoms with van der Waals surface area (Å²) in [7, 11) is 0. The molecule has 4 nitrogen and oxygen atoms in total. The van der Waals surface area contributed by atoms with Gasteiger partial charge in [0, 0.05) is 18.0 Å². The summed E-state index contributed by atoms with van der Waals surface area (Å²) in [5, 5.41) is 0. The molecule has 2 aromatic rings. The predicted molar refractivity (Wildman–Crippen MR) is 49.9 cm³/mol. The highest BCUT2D eigenvalue weighted by Crippen LogP contribution is 2.10. The zero-order valence-corrected chi connectivity index (χ0v) is 7.18. The number of hydrogen-bond donors (Lipinski definition) is 0. The molecular formula is C10H6N2O2. The average molecular weight is 186 g/mol. The van der Waals surface area contributed by atoms with Gasteiger partial charge < -0.3 is 0 Å². The van der Waals surface area contributed by atoms with E-state index in [1.165, 1.54) is 6.20 Å². The molecule has 1 heterocycles. The number of aldehydes is 1. The van der Waals surface area contributed by atoms with Gasteiger partial charge in [-0.1, -0.05) is 0 Å². The van der Waals surface area contributed by atoms with Crippen LogP contribution in [-0.2, 0) is 4.79 Å². The Labute approximate surface area is 79.6 Å².